The Labute approximate surface area is 197 Å². The summed E-state index contributed by atoms with van der Waals surface area (Å²) >= 11 is 0. The Morgan fingerprint density at radius 2 is 1.73 bits per heavy atom. The summed E-state index contributed by atoms with van der Waals surface area (Å²) in [5.41, 5.74) is 1.50. The van der Waals surface area contributed by atoms with Crippen LogP contribution in [-0.4, -0.2) is 51.0 Å². The van der Waals surface area contributed by atoms with E-state index in [0.717, 1.165) is 24.8 Å². The minimum atomic E-state index is -3.56. The Kier molecular flexibility index (Phi) is 8.74. The predicted octanol–water partition coefficient (Wildman–Crippen LogP) is 4.16. The van der Waals surface area contributed by atoms with E-state index < -0.39 is 10.0 Å². The molecule has 0 spiro atoms. The number of benzene rings is 2. The molecule has 0 saturated carbocycles. The summed E-state index contributed by atoms with van der Waals surface area (Å²) in [6.07, 6.45) is 3.18. The molecule has 1 heterocycles. The largest absolute Gasteiger partial charge is 0.490 e. The van der Waals surface area contributed by atoms with Crippen LogP contribution in [0.15, 0.2) is 47.4 Å². The lowest BCUT2D eigenvalue weighted by Crippen LogP contribution is -2.45. The van der Waals surface area contributed by atoms with Crippen LogP contribution in [0, 0.1) is 6.92 Å². The Morgan fingerprint density at radius 3 is 2.42 bits per heavy atom. The van der Waals surface area contributed by atoms with Crippen LogP contribution in [0.25, 0.3) is 0 Å². The summed E-state index contributed by atoms with van der Waals surface area (Å²) in [6.45, 7) is 7.58. The molecular weight excluding hydrogens is 440 g/mol. The molecule has 0 radical (unpaired) electrons. The number of rotatable bonds is 10. The first-order valence-corrected chi connectivity index (χ1v) is 13.1. The van der Waals surface area contributed by atoms with Crippen molar-refractivity contribution in [3.8, 4) is 11.5 Å². The summed E-state index contributed by atoms with van der Waals surface area (Å²) in [7, 11) is -3.56. The zero-order chi connectivity index (χ0) is 23.8. The maximum Gasteiger partial charge on any atom is 0.251 e. The van der Waals surface area contributed by atoms with E-state index in [4.69, 9.17) is 9.47 Å². The van der Waals surface area contributed by atoms with Crippen molar-refractivity contribution in [3.05, 3.63) is 53.6 Å². The molecule has 1 aliphatic rings. The summed E-state index contributed by atoms with van der Waals surface area (Å²) in [5.74, 6) is 0.924. The maximum absolute atomic E-state index is 13.2. The molecule has 0 bridgehead atoms. The van der Waals surface area contributed by atoms with Gasteiger partial charge in [-0.05, 0) is 70.4 Å². The molecule has 1 unspecified atom stereocenters. The fourth-order valence-electron chi connectivity index (χ4n) is 4.07. The van der Waals surface area contributed by atoms with Crippen LogP contribution in [0.3, 0.4) is 0 Å². The second kappa shape index (κ2) is 11.5. The average molecular weight is 475 g/mol. The van der Waals surface area contributed by atoms with Gasteiger partial charge in [0, 0.05) is 24.7 Å². The highest BCUT2D eigenvalue weighted by atomic mass is 32.2. The normalized spacial score (nSPS) is 16.9. The molecule has 0 aromatic heterocycles. The van der Waals surface area contributed by atoms with Crippen molar-refractivity contribution in [1.82, 2.24) is 9.62 Å². The zero-order valence-electron chi connectivity index (χ0n) is 19.7. The third-order valence-corrected chi connectivity index (χ3v) is 7.74. The van der Waals surface area contributed by atoms with Gasteiger partial charge in [-0.3, -0.25) is 4.79 Å². The van der Waals surface area contributed by atoms with Crippen LogP contribution in [-0.2, 0) is 10.0 Å². The van der Waals surface area contributed by atoms with Gasteiger partial charge in [0.2, 0.25) is 10.0 Å². The highest BCUT2D eigenvalue weighted by Crippen LogP contribution is 2.29. The number of nitrogens with one attached hydrogen (secondary N) is 1. The van der Waals surface area contributed by atoms with Crippen LogP contribution < -0.4 is 14.8 Å². The molecule has 0 aliphatic carbocycles. The lowest BCUT2D eigenvalue weighted by Gasteiger charge is -2.34. The van der Waals surface area contributed by atoms with Crippen LogP contribution in [0.5, 0.6) is 11.5 Å². The van der Waals surface area contributed by atoms with Crippen molar-refractivity contribution in [1.29, 1.82) is 0 Å². The monoisotopic (exact) mass is 474 g/mol. The highest BCUT2D eigenvalue weighted by molar-refractivity contribution is 7.89. The molecule has 7 nitrogen and oxygen atoms in total. The van der Waals surface area contributed by atoms with Gasteiger partial charge in [-0.25, -0.2) is 8.42 Å². The molecule has 1 aliphatic heterocycles. The first kappa shape index (κ1) is 25.1. The van der Waals surface area contributed by atoms with Crippen LogP contribution >= 0.6 is 0 Å². The molecule has 1 atom stereocenters. The van der Waals surface area contributed by atoms with Crippen LogP contribution in [0.4, 0.5) is 0 Å². The quantitative estimate of drug-likeness (QED) is 0.559. The van der Waals surface area contributed by atoms with Gasteiger partial charge in [-0.15, -0.1) is 0 Å². The third kappa shape index (κ3) is 6.26. The predicted molar refractivity (Wildman–Crippen MR) is 128 cm³/mol. The number of carbonyl (C=O) groups excluding carboxylic acids is 1. The van der Waals surface area contributed by atoms with Crippen molar-refractivity contribution in [2.75, 3.05) is 26.3 Å². The number of amides is 1. The van der Waals surface area contributed by atoms with Crippen molar-refractivity contribution < 1.29 is 22.7 Å². The Balaban J connectivity index is 1.64. The molecule has 3 rings (SSSR count). The van der Waals surface area contributed by atoms with Crippen molar-refractivity contribution in [2.24, 2.45) is 0 Å². The smallest absolute Gasteiger partial charge is 0.251 e. The fraction of sp³-hybridized carbons (Fsp3) is 0.480. The minimum Gasteiger partial charge on any atom is -0.490 e. The van der Waals surface area contributed by atoms with Crippen LogP contribution in [0.2, 0.25) is 0 Å². The standard InChI is InChI=1S/C25H34N2O5S/c1-4-31-23-14-11-20(18-24(23)32-5-2)25(28)26-16-15-21-8-6-7-17-27(21)33(29,30)22-12-9-19(3)10-13-22/h9-14,18,21H,4-8,15-17H2,1-3H3,(H,26,28). The van der Waals surface area contributed by atoms with E-state index in [9.17, 15) is 13.2 Å². The first-order valence-electron chi connectivity index (χ1n) is 11.6. The van der Waals surface area contributed by atoms with E-state index >= 15 is 0 Å². The molecule has 2 aromatic carbocycles. The lowest BCUT2D eigenvalue weighted by molar-refractivity contribution is 0.0949. The number of hydrogen-bond acceptors (Lipinski definition) is 5. The van der Waals surface area contributed by atoms with Gasteiger partial charge in [0.25, 0.3) is 5.91 Å². The van der Waals surface area contributed by atoms with Gasteiger partial charge in [-0.2, -0.15) is 4.31 Å². The Bertz CT molecular complexity index is 1040. The third-order valence-electron chi connectivity index (χ3n) is 5.77. The van der Waals surface area contributed by atoms with Gasteiger partial charge in [0.05, 0.1) is 18.1 Å². The number of hydrogen-bond donors (Lipinski definition) is 1. The van der Waals surface area contributed by atoms with E-state index in [1.54, 1.807) is 34.6 Å². The first-order chi connectivity index (χ1) is 15.9. The second-order valence-corrected chi connectivity index (χ2v) is 10.0. The molecular formula is C25H34N2O5S. The molecule has 8 heteroatoms. The van der Waals surface area contributed by atoms with Gasteiger partial charge in [0.1, 0.15) is 0 Å². The van der Waals surface area contributed by atoms with Crippen LogP contribution in [0.1, 0.15) is 55.5 Å². The topological polar surface area (TPSA) is 84.9 Å². The SMILES string of the molecule is CCOc1ccc(C(=O)NCCC2CCCCN2S(=O)(=O)c2ccc(C)cc2)cc1OCC. The summed E-state index contributed by atoms with van der Waals surface area (Å²) < 4.78 is 39.2. The molecule has 180 valence electrons. The summed E-state index contributed by atoms with van der Waals surface area (Å²) in [6, 6.07) is 12.0. The van der Waals surface area contributed by atoms with Gasteiger partial charge in [-0.1, -0.05) is 24.1 Å². The van der Waals surface area contributed by atoms with Crippen molar-refractivity contribution >= 4 is 15.9 Å². The number of piperidine rings is 1. The van der Waals surface area contributed by atoms with Gasteiger partial charge < -0.3 is 14.8 Å². The van der Waals surface area contributed by atoms with Gasteiger partial charge in [0.15, 0.2) is 11.5 Å². The molecule has 1 N–H and O–H groups in total. The Morgan fingerprint density at radius 1 is 1.03 bits per heavy atom. The zero-order valence-corrected chi connectivity index (χ0v) is 20.5. The highest BCUT2D eigenvalue weighted by Gasteiger charge is 2.33. The number of ether oxygens (including phenoxy) is 2. The average Bonchev–Trinajstić information content (AvgIpc) is 2.81. The molecule has 1 amide bonds. The molecule has 33 heavy (non-hydrogen) atoms. The maximum atomic E-state index is 13.2. The summed E-state index contributed by atoms with van der Waals surface area (Å²) in [4.78, 5) is 13.0. The van der Waals surface area contributed by atoms with E-state index in [-0.39, 0.29) is 11.9 Å². The van der Waals surface area contributed by atoms with Gasteiger partial charge >= 0.3 is 0 Å². The fourth-order valence-corrected chi connectivity index (χ4v) is 5.79. The number of aryl methyl sites for hydroxylation is 1. The van der Waals surface area contributed by atoms with E-state index in [1.807, 2.05) is 32.9 Å². The molecule has 2 aromatic rings. The number of sulfonamides is 1. The second-order valence-electron chi connectivity index (χ2n) is 8.15. The Hall–Kier alpha value is -2.58. The van der Waals surface area contributed by atoms with E-state index in [0.29, 0.717) is 54.7 Å². The number of carbonyl (C=O) groups is 1. The minimum absolute atomic E-state index is 0.135. The lowest BCUT2D eigenvalue weighted by atomic mass is 10.0. The van der Waals surface area contributed by atoms with E-state index in [1.165, 1.54) is 0 Å². The molecule has 1 saturated heterocycles. The molecule has 1 fully saturated rings. The van der Waals surface area contributed by atoms with Crippen molar-refractivity contribution in [3.63, 3.8) is 0 Å². The van der Waals surface area contributed by atoms with E-state index in [2.05, 4.69) is 5.32 Å². The summed E-state index contributed by atoms with van der Waals surface area (Å²) in [5, 5.41) is 2.93. The number of nitrogens with zero attached hydrogens (tertiary/aromatic N) is 1. The van der Waals surface area contributed by atoms with Crippen molar-refractivity contribution in [2.45, 2.75) is 57.4 Å².